The highest BCUT2D eigenvalue weighted by atomic mass is 16.5. The van der Waals surface area contributed by atoms with Crippen LogP contribution in [0, 0.1) is 6.92 Å². The number of rotatable bonds is 6. The molecule has 0 saturated carbocycles. The van der Waals surface area contributed by atoms with Crippen molar-refractivity contribution in [2.75, 3.05) is 31.2 Å². The molecular formula is C25H25N5O3. The van der Waals surface area contributed by atoms with Gasteiger partial charge in [0.15, 0.2) is 16.9 Å². The maximum Gasteiger partial charge on any atom is 0.252 e. The first-order valence-electron chi connectivity index (χ1n) is 11.0. The van der Waals surface area contributed by atoms with Crippen LogP contribution in [0.5, 0.6) is 11.6 Å². The van der Waals surface area contributed by atoms with Crippen molar-refractivity contribution in [3.05, 3.63) is 71.5 Å². The number of ketones is 1. The molecule has 0 N–H and O–H groups in total. The Morgan fingerprint density at radius 1 is 1.09 bits per heavy atom. The molecule has 0 unspecified atom stereocenters. The van der Waals surface area contributed by atoms with Gasteiger partial charge in [0.25, 0.3) is 5.88 Å². The zero-order valence-electron chi connectivity index (χ0n) is 18.7. The monoisotopic (exact) mass is 443 g/mol. The van der Waals surface area contributed by atoms with Gasteiger partial charge in [-0.3, -0.25) is 4.79 Å². The highest BCUT2D eigenvalue weighted by molar-refractivity contribution is 5.97. The van der Waals surface area contributed by atoms with Crippen molar-refractivity contribution in [1.29, 1.82) is 0 Å². The number of carbonyl (C=O) groups is 1. The first kappa shape index (κ1) is 21.1. The number of aromatic nitrogens is 4. The van der Waals surface area contributed by atoms with Gasteiger partial charge in [-0.1, -0.05) is 35.9 Å². The molecule has 5 rings (SSSR count). The quantitative estimate of drug-likeness (QED) is 0.420. The SMILES string of the molecule is Cc1cccc(C(=O)Cc2cccc(Oc3nc(N4CCOCC4)nc4c3ncn4C)c2)c1. The van der Waals surface area contributed by atoms with Gasteiger partial charge in [-0.2, -0.15) is 9.97 Å². The largest absolute Gasteiger partial charge is 0.437 e. The van der Waals surface area contributed by atoms with Crippen LogP contribution in [0.3, 0.4) is 0 Å². The maximum absolute atomic E-state index is 12.7. The van der Waals surface area contributed by atoms with E-state index >= 15 is 0 Å². The van der Waals surface area contributed by atoms with E-state index in [9.17, 15) is 4.79 Å². The highest BCUT2D eigenvalue weighted by Crippen LogP contribution is 2.29. The Morgan fingerprint density at radius 3 is 2.73 bits per heavy atom. The number of morpholine rings is 1. The van der Waals surface area contributed by atoms with E-state index in [-0.39, 0.29) is 5.78 Å². The molecule has 0 atom stereocenters. The maximum atomic E-state index is 12.7. The van der Waals surface area contributed by atoms with Crippen LogP contribution in [0.25, 0.3) is 11.2 Å². The molecule has 0 spiro atoms. The first-order chi connectivity index (χ1) is 16.1. The molecule has 8 nitrogen and oxygen atoms in total. The van der Waals surface area contributed by atoms with E-state index in [0.29, 0.717) is 53.9 Å². The molecule has 8 heteroatoms. The lowest BCUT2D eigenvalue weighted by Gasteiger charge is -2.26. The van der Waals surface area contributed by atoms with E-state index in [4.69, 9.17) is 14.5 Å². The lowest BCUT2D eigenvalue weighted by atomic mass is 10.0. The summed E-state index contributed by atoms with van der Waals surface area (Å²) in [5, 5.41) is 0. The number of Topliss-reactive ketones (excluding diaryl/α,β-unsaturated/α-hetero) is 1. The zero-order chi connectivity index (χ0) is 22.8. The van der Waals surface area contributed by atoms with Crippen molar-refractivity contribution in [3.63, 3.8) is 0 Å². The fraction of sp³-hybridized carbons (Fsp3) is 0.280. The second-order valence-corrected chi connectivity index (χ2v) is 8.17. The number of benzene rings is 2. The minimum Gasteiger partial charge on any atom is -0.437 e. The van der Waals surface area contributed by atoms with E-state index in [1.807, 2.05) is 67.1 Å². The fourth-order valence-corrected chi connectivity index (χ4v) is 3.88. The van der Waals surface area contributed by atoms with Crippen LogP contribution >= 0.6 is 0 Å². The van der Waals surface area contributed by atoms with Crippen LogP contribution in [-0.4, -0.2) is 51.6 Å². The van der Waals surface area contributed by atoms with Gasteiger partial charge < -0.3 is 18.9 Å². The molecule has 3 heterocycles. The Kier molecular flexibility index (Phi) is 5.75. The van der Waals surface area contributed by atoms with E-state index < -0.39 is 0 Å². The van der Waals surface area contributed by atoms with Crippen molar-refractivity contribution < 1.29 is 14.3 Å². The topological polar surface area (TPSA) is 82.4 Å². The minimum absolute atomic E-state index is 0.0691. The zero-order valence-corrected chi connectivity index (χ0v) is 18.7. The molecule has 4 aromatic rings. The number of hydrogen-bond donors (Lipinski definition) is 0. The first-order valence-corrected chi connectivity index (χ1v) is 11.0. The van der Waals surface area contributed by atoms with Crippen LogP contribution in [0.15, 0.2) is 54.9 Å². The molecule has 1 aliphatic rings. The summed E-state index contributed by atoms with van der Waals surface area (Å²) in [5.74, 6) is 1.65. The predicted octanol–water partition coefficient (Wildman–Crippen LogP) is 3.73. The predicted molar refractivity (Wildman–Crippen MR) is 125 cm³/mol. The van der Waals surface area contributed by atoms with E-state index in [2.05, 4.69) is 14.9 Å². The second-order valence-electron chi connectivity index (χ2n) is 8.17. The summed E-state index contributed by atoms with van der Waals surface area (Å²) in [6.07, 6.45) is 1.99. The van der Waals surface area contributed by atoms with Gasteiger partial charge in [0.1, 0.15) is 5.75 Å². The molecule has 2 aromatic carbocycles. The van der Waals surface area contributed by atoms with Crippen LogP contribution < -0.4 is 9.64 Å². The van der Waals surface area contributed by atoms with Crippen molar-refractivity contribution in [3.8, 4) is 11.6 Å². The molecule has 1 fully saturated rings. The Morgan fingerprint density at radius 2 is 1.91 bits per heavy atom. The molecule has 0 radical (unpaired) electrons. The lowest BCUT2D eigenvalue weighted by molar-refractivity contribution is 0.0993. The molecule has 2 aromatic heterocycles. The molecule has 0 bridgehead atoms. The summed E-state index contributed by atoms with van der Waals surface area (Å²) >= 11 is 0. The second kappa shape index (κ2) is 8.99. The molecule has 33 heavy (non-hydrogen) atoms. The summed E-state index contributed by atoms with van der Waals surface area (Å²) in [4.78, 5) is 28.6. The number of anilines is 1. The van der Waals surface area contributed by atoms with Gasteiger partial charge in [-0.15, -0.1) is 0 Å². The summed E-state index contributed by atoms with van der Waals surface area (Å²) in [6.45, 7) is 4.70. The Hall–Kier alpha value is -3.78. The average Bonchev–Trinajstić information content (AvgIpc) is 3.21. The average molecular weight is 444 g/mol. The normalized spacial score (nSPS) is 13.9. The van der Waals surface area contributed by atoms with Gasteiger partial charge in [-0.05, 0) is 30.7 Å². The third-order valence-corrected chi connectivity index (χ3v) is 5.63. The van der Waals surface area contributed by atoms with Crippen LogP contribution in [0.4, 0.5) is 5.95 Å². The Labute approximate surface area is 191 Å². The van der Waals surface area contributed by atoms with E-state index in [1.165, 1.54) is 0 Å². The van der Waals surface area contributed by atoms with Gasteiger partial charge in [-0.25, -0.2) is 4.98 Å². The molecule has 1 saturated heterocycles. The van der Waals surface area contributed by atoms with Gasteiger partial charge in [0.05, 0.1) is 19.5 Å². The molecule has 168 valence electrons. The summed E-state index contributed by atoms with van der Waals surface area (Å²) in [6, 6.07) is 15.2. The third-order valence-electron chi connectivity index (χ3n) is 5.63. The third kappa shape index (κ3) is 4.56. The Balaban J connectivity index is 1.42. The van der Waals surface area contributed by atoms with E-state index in [0.717, 1.165) is 24.2 Å². The van der Waals surface area contributed by atoms with Gasteiger partial charge >= 0.3 is 0 Å². The highest BCUT2D eigenvalue weighted by Gasteiger charge is 2.20. The summed E-state index contributed by atoms with van der Waals surface area (Å²) < 4.78 is 13.5. The minimum atomic E-state index is 0.0691. The number of aryl methyl sites for hydroxylation is 2. The molecule has 1 aliphatic heterocycles. The van der Waals surface area contributed by atoms with Gasteiger partial charge in [0, 0.05) is 32.1 Å². The standard InChI is InChI=1S/C25H25N5O3/c1-17-5-3-7-19(13-17)21(31)15-18-6-4-8-20(14-18)33-24-22-23(29(2)16-26-22)27-25(28-24)30-9-11-32-12-10-30/h3-8,13-14,16H,9-12,15H2,1-2H3. The Bertz CT molecular complexity index is 1310. The van der Waals surface area contributed by atoms with E-state index in [1.54, 1.807) is 6.33 Å². The number of carbonyl (C=O) groups excluding carboxylic acids is 1. The number of hydrogen-bond acceptors (Lipinski definition) is 7. The van der Waals surface area contributed by atoms with Crippen molar-refractivity contribution in [2.45, 2.75) is 13.3 Å². The van der Waals surface area contributed by atoms with Crippen LogP contribution in [0.2, 0.25) is 0 Å². The van der Waals surface area contributed by atoms with Crippen LogP contribution in [0.1, 0.15) is 21.5 Å². The smallest absolute Gasteiger partial charge is 0.252 e. The number of fused-ring (bicyclic) bond motifs is 1. The van der Waals surface area contributed by atoms with Crippen molar-refractivity contribution in [1.82, 2.24) is 19.5 Å². The number of ether oxygens (including phenoxy) is 2. The molecule has 0 aliphatic carbocycles. The van der Waals surface area contributed by atoms with Crippen molar-refractivity contribution >= 4 is 22.9 Å². The fourth-order valence-electron chi connectivity index (χ4n) is 3.88. The summed E-state index contributed by atoms with van der Waals surface area (Å²) in [7, 11) is 1.90. The lowest BCUT2D eigenvalue weighted by Crippen LogP contribution is -2.37. The van der Waals surface area contributed by atoms with Gasteiger partial charge in [0.2, 0.25) is 5.95 Å². The molecule has 0 amide bonds. The summed E-state index contributed by atoms with van der Waals surface area (Å²) in [5.41, 5.74) is 3.95. The van der Waals surface area contributed by atoms with Crippen LogP contribution in [-0.2, 0) is 18.2 Å². The number of nitrogens with zero attached hydrogens (tertiary/aromatic N) is 5. The number of imidazole rings is 1. The molecular weight excluding hydrogens is 418 g/mol. The van der Waals surface area contributed by atoms with Crippen molar-refractivity contribution in [2.24, 2.45) is 7.05 Å².